The lowest BCUT2D eigenvalue weighted by molar-refractivity contribution is 0.151. The van der Waals surface area contributed by atoms with E-state index in [1.54, 1.807) is 0 Å². The van der Waals surface area contributed by atoms with Crippen LogP contribution >= 0.6 is 11.6 Å². The molecule has 1 aromatic carbocycles. The highest BCUT2D eigenvalue weighted by molar-refractivity contribution is 6.31. The third-order valence-corrected chi connectivity index (χ3v) is 2.00. The van der Waals surface area contributed by atoms with Crippen molar-refractivity contribution in [3.63, 3.8) is 0 Å². The van der Waals surface area contributed by atoms with Crippen LogP contribution in [0.2, 0.25) is 5.02 Å². The van der Waals surface area contributed by atoms with E-state index in [4.69, 9.17) is 11.6 Å². The van der Waals surface area contributed by atoms with Crippen LogP contribution in [-0.2, 0) is 11.3 Å². The van der Waals surface area contributed by atoms with Crippen molar-refractivity contribution in [2.75, 3.05) is 0 Å². The van der Waals surface area contributed by atoms with Gasteiger partial charge in [0, 0.05) is 10.6 Å². The maximum Gasteiger partial charge on any atom is 0.263 e. The second-order valence-electron chi connectivity index (χ2n) is 2.56. The van der Waals surface area contributed by atoms with Crippen molar-refractivity contribution in [3.8, 4) is 0 Å². The fourth-order valence-electron chi connectivity index (χ4n) is 0.969. The molecule has 0 saturated carbocycles. The molecular formula is C9H6ClF2NO. The molecule has 0 unspecified atom stereocenters. The fraction of sp³-hybridized carbons (Fsp3) is 0.222. The molecule has 0 N–H and O–H groups in total. The number of nitrogens with zero attached hydrogens (tertiary/aromatic N) is 1. The number of alkyl halides is 2. The minimum Gasteiger partial charge on any atom is -0.211 e. The van der Waals surface area contributed by atoms with E-state index in [-0.39, 0.29) is 12.1 Å². The van der Waals surface area contributed by atoms with Gasteiger partial charge in [-0.3, -0.25) is 0 Å². The Kier molecular flexibility index (Phi) is 3.74. The summed E-state index contributed by atoms with van der Waals surface area (Å²) in [6, 6.07) is 3.83. The van der Waals surface area contributed by atoms with Gasteiger partial charge in [-0.05, 0) is 17.7 Å². The van der Waals surface area contributed by atoms with Gasteiger partial charge in [0.2, 0.25) is 6.08 Å². The molecule has 1 aromatic rings. The molecule has 0 radical (unpaired) electrons. The zero-order chi connectivity index (χ0) is 10.6. The van der Waals surface area contributed by atoms with Crippen molar-refractivity contribution in [2.24, 2.45) is 4.99 Å². The lowest BCUT2D eigenvalue weighted by Crippen LogP contribution is -1.89. The second-order valence-corrected chi connectivity index (χ2v) is 2.97. The number of hydrogen-bond donors (Lipinski definition) is 0. The normalized spacial score (nSPS) is 10.0. The van der Waals surface area contributed by atoms with E-state index in [0.717, 1.165) is 0 Å². The second kappa shape index (κ2) is 4.84. The van der Waals surface area contributed by atoms with Crippen LogP contribution in [-0.4, -0.2) is 6.08 Å². The number of carbonyl (C=O) groups excluding carboxylic acids is 1. The first-order valence-corrected chi connectivity index (χ1v) is 4.13. The Hall–Kier alpha value is -1.25. The topological polar surface area (TPSA) is 29.4 Å². The van der Waals surface area contributed by atoms with Crippen molar-refractivity contribution in [1.82, 2.24) is 0 Å². The maximum absolute atomic E-state index is 12.2. The van der Waals surface area contributed by atoms with Gasteiger partial charge in [0.25, 0.3) is 6.43 Å². The van der Waals surface area contributed by atoms with Crippen LogP contribution in [0.1, 0.15) is 17.6 Å². The number of hydrogen-bond acceptors (Lipinski definition) is 2. The van der Waals surface area contributed by atoms with Gasteiger partial charge in [-0.1, -0.05) is 17.7 Å². The van der Waals surface area contributed by atoms with Gasteiger partial charge in [-0.2, -0.15) is 0 Å². The molecule has 74 valence electrons. The molecule has 0 amide bonds. The molecule has 2 nitrogen and oxygen atoms in total. The van der Waals surface area contributed by atoms with Gasteiger partial charge in [-0.15, -0.1) is 0 Å². The van der Waals surface area contributed by atoms with Gasteiger partial charge in [0.05, 0.1) is 6.54 Å². The van der Waals surface area contributed by atoms with E-state index in [1.807, 2.05) is 0 Å². The Morgan fingerprint density at radius 1 is 1.50 bits per heavy atom. The molecular weight excluding hydrogens is 212 g/mol. The summed E-state index contributed by atoms with van der Waals surface area (Å²) in [5.41, 5.74) is 0.262. The smallest absolute Gasteiger partial charge is 0.211 e. The van der Waals surface area contributed by atoms with E-state index in [1.165, 1.54) is 24.3 Å². The predicted molar refractivity (Wildman–Crippen MR) is 48.2 cm³/mol. The van der Waals surface area contributed by atoms with Crippen molar-refractivity contribution >= 4 is 17.7 Å². The monoisotopic (exact) mass is 217 g/mol. The lowest BCUT2D eigenvalue weighted by Gasteiger charge is -2.03. The van der Waals surface area contributed by atoms with Gasteiger partial charge in [0.1, 0.15) is 0 Å². The van der Waals surface area contributed by atoms with Crippen LogP contribution in [0.3, 0.4) is 0 Å². The highest BCUT2D eigenvalue weighted by Crippen LogP contribution is 2.24. The fourth-order valence-corrected chi connectivity index (χ4v) is 1.15. The molecule has 0 aliphatic rings. The molecule has 0 spiro atoms. The number of aliphatic imine (C=N–C) groups is 1. The van der Waals surface area contributed by atoms with Crippen LogP contribution in [0.25, 0.3) is 0 Å². The molecule has 5 heteroatoms. The van der Waals surface area contributed by atoms with Gasteiger partial charge < -0.3 is 0 Å². The van der Waals surface area contributed by atoms with Crippen LogP contribution < -0.4 is 0 Å². The summed E-state index contributed by atoms with van der Waals surface area (Å²) < 4.78 is 24.5. The quantitative estimate of drug-likeness (QED) is 0.565. The lowest BCUT2D eigenvalue weighted by atomic mass is 10.1. The Balaban J connectivity index is 3.01. The average molecular weight is 218 g/mol. The zero-order valence-corrected chi connectivity index (χ0v) is 7.76. The SMILES string of the molecule is O=C=NCc1cc(C(F)F)ccc1Cl. The van der Waals surface area contributed by atoms with Crippen LogP contribution in [0.5, 0.6) is 0 Å². The first-order chi connectivity index (χ1) is 6.65. The minimum absolute atomic E-state index is 0.0249. The molecule has 0 aromatic heterocycles. The van der Waals surface area contributed by atoms with Crippen molar-refractivity contribution in [1.29, 1.82) is 0 Å². The standard InChI is InChI=1S/C9H6ClF2NO/c10-8-2-1-6(9(11)12)3-7(8)4-13-5-14/h1-3,9H,4H2. The highest BCUT2D eigenvalue weighted by atomic mass is 35.5. The Morgan fingerprint density at radius 2 is 2.21 bits per heavy atom. The zero-order valence-electron chi connectivity index (χ0n) is 7.01. The Morgan fingerprint density at radius 3 is 2.79 bits per heavy atom. The van der Waals surface area contributed by atoms with Crippen LogP contribution in [0, 0.1) is 0 Å². The molecule has 0 heterocycles. The molecule has 14 heavy (non-hydrogen) atoms. The number of isocyanates is 1. The van der Waals surface area contributed by atoms with Gasteiger partial charge in [-0.25, -0.2) is 18.6 Å². The maximum atomic E-state index is 12.2. The Labute approximate surface area is 84.2 Å². The summed E-state index contributed by atoms with van der Waals surface area (Å²) >= 11 is 5.70. The summed E-state index contributed by atoms with van der Waals surface area (Å²) in [4.78, 5) is 13.1. The number of halogens is 3. The third kappa shape index (κ3) is 2.62. The first-order valence-electron chi connectivity index (χ1n) is 3.75. The summed E-state index contributed by atoms with van der Waals surface area (Å²) in [6.07, 6.45) is -1.23. The largest absolute Gasteiger partial charge is 0.263 e. The summed E-state index contributed by atoms with van der Waals surface area (Å²) in [7, 11) is 0. The summed E-state index contributed by atoms with van der Waals surface area (Å²) in [5.74, 6) is 0. The Bertz CT molecular complexity index is 375. The molecule has 0 fully saturated rings. The predicted octanol–water partition coefficient (Wildman–Crippen LogP) is 3.11. The van der Waals surface area contributed by atoms with E-state index >= 15 is 0 Å². The number of rotatable bonds is 3. The van der Waals surface area contributed by atoms with Crippen molar-refractivity contribution in [2.45, 2.75) is 13.0 Å². The van der Waals surface area contributed by atoms with Crippen LogP contribution in [0.15, 0.2) is 23.2 Å². The molecule has 0 bridgehead atoms. The van der Waals surface area contributed by atoms with E-state index in [9.17, 15) is 13.6 Å². The van der Waals surface area contributed by atoms with Gasteiger partial charge >= 0.3 is 0 Å². The summed E-state index contributed by atoms with van der Waals surface area (Å²) in [5, 5.41) is 0.313. The van der Waals surface area contributed by atoms with Crippen LogP contribution in [0.4, 0.5) is 8.78 Å². The minimum atomic E-state index is -2.55. The van der Waals surface area contributed by atoms with E-state index in [0.29, 0.717) is 10.6 Å². The molecule has 0 aliphatic carbocycles. The molecule has 1 rings (SSSR count). The van der Waals surface area contributed by atoms with E-state index < -0.39 is 6.43 Å². The highest BCUT2D eigenvalue weighted by Gasteiger charge is 2.09. The summed E-state index contributed by atoms with van der Waals surface area (Å²) in [6.45, 7) is -0.0249. The first kappa shape index (κ1) is 10.8. The third-order valence-electron chi connectivity index (χ3n) is 1.64. The average Bonchev–Trinajstić information content (AvgIpc) is 2.16. The number of benzene rings is 1. The van der Waals surface area contributed by atoms with Gasteiger partial charge in [0.15, 0.2) is 0 Å². The van der Waals surface area contributed by atoms with Crippen molar-refractivity contribution < 1.29 is 13.6 Å². The van der Waals surface area contributed by atoms with Crippen molar-refractivity contribution in [3.05, 3.63) is 34.3 Å². The molecule has 0 atom stereocenters. The molecule has 0 saturated heterocycles. The molecule has 0 aliphatic heterocycles. The van der Waals surface area contributed by atoms with E-state index in [2.05, 4.69) is 4.99 Å².